The van der Waals surface area contributed by atoms with Crippen molar-refractivity contribution >= 4 is 17.8 Å². The summed E-state index contributed by atoms with van der Waals surface area (Å²) in [6, 6.07) is -0.125. The highest BCUT2D eigenvalue weighted by Gasteiger charge is 2.24. The van der Waals surface area contributed by atoms with Crippen LogP contribution in [0.25, 0.3) is 0 Å². The Morgan fingerprint density at radius 2 is 2.38 bits per heavy atom. The summed E-state index contributed by atoms with van der Waals surface area (Å²) >= 11 is 1.96. The Morgan fingerprint density at radius 3 is 3.05 bits per heavy atom. The van der Waals surface area contributed by atoms with Gasteiger partial charge in [-0.1, -0.05) is 13.3 Å². The quantitative estimate of drug-likeness (QED) is 0.926. The van der Waals surface area contributed by atoms with Crippen LogP contribution in [0.4, 0.5) is 4.79 Å². The topological polar surface area (TPSA) is 63.1 Å². The first-order chi connectivity index (χ1) is 10.1. The van der Waals surface area contributed by atoms with E-state index in [9.17, 15) is 4.79 Å². The molecule has 2 rings (SSSR count). The number of aryl methyl sites for hydroxylation is 1. The minimum Gasteiger partial charge on any atom is -0.328 e. The Hall–Kier alpha value is -1.24. The molecule has 7 heteroatoms. The Labute approximate surface area is 130 Å². The Balaban J connectivity index is 1.93. The van der Waals surface area contributed by atoms with Gasteiger partial charge in [-0.2, -0.15) is 11.8 Å². The van der Waals surface area contributed by atoms with Gasteiger partial charge >= 0.3 is 6.03 Å². The van der Waals surface area contributed by atoms with Gasteiger partial charge in [0, 0.05) is 25.4 Å². The van der Waals surface area contributed by atoms with Gasteiger partial charge in [0.2, 0.25) is 0 Å². The minimum absolute atomic E-state index is 0.00843. The van der Waals surface area contributed by atoms with E-state index < -0.39 is 0 Å². The van der Waals surface area contributed by atoms with E-state index in [-0.39, 0.29) is 12.1 Å². The minimum atomic E-state index is -0.134. The number of urea groups is 1. The molecule has 0 radical (unpaired) electrons. The molecule has 6 nitrogen and oxygen atoms in total. The van der Waals surface area contributed by atoms with Crippen LogP contribution in [0.2, 0.25) is 0 Å². The van der Waals surface area contributed by atoms with Crippen molar-refractivity contribution in [3.8, 4) is 0 Å². The molecule has 1 aliphatic rings. The molecule has 0 bridgehead atoms. The lowest BCUT2D eigenvalue weighted by molar-refractivity contribution is 0.196. The number of aromatic nitrogens is 3. The molecule has 1 aromatic rings. The molecule has 0 spiro atoms. The van der Waals surface area contributed by atoms with Gasteiger partial charge in [-0.3, -0.25) is 0 Å². The number of amides is 2. The fourth-order valence-electron chi connectivity index (χ4n) is 2.68. The summed E-state index contributed by atoms with van der Waals surface area (Å²) in [4.78, 5) is 14.4. The van der Waals surface area contributed by atoms with Crippen molar-refractivity contribution < 1.29 is 4.79 Å². The third-order valence-corrected chi connectivity index (χ3v) is 4.98. The molecule has 2 amide bonds. The van der Waals surface area contributed by atoms with Crippen LogP contribution < -0.4 is 5.32 Å². The summed E-state index contributed by atoms with van der Waals surface area (Å²) in [6.45, 7) is 5.81. The zero-order valence-electron chi connectivity index (χ0n) is 13.1. The lowest BCUT2D eigenvalue weighted by Crippen LogP contribution is -2.43. The largest absolute Gasteiger partial charge is 0.328 e. The number of likely N-dealkylation sites (tertiary alicyclic amines) is 1. The fraction of sp³-hybridized carbons (Fsp3) is 0.786. The Kier molecular flexibility index (Phi) is 5.90. The van der Waals surface area contributed by atoms with Gasteiger partial charge in [0.25, 0.3) is 0 Å². The molecule has 1 aromatic heterocycles. The average molecular weight is 311 g/mol. The molecule has 21 heavy (non-hydrogen) atoms. The first-order valence-electron chi connectivity index (χ1n) is 7.62. The predicted molar refractivity (Wildman–Crippen MR) is 85.3 cm³/mol. The second-order valence-electron chi connectivity index (χ2n) is 5.49. The van der Waals surface area contributed by atoms with Crippen molar-refractivity contribution in [2.75, 3.05) is 18.8 Å². The third kappa shape index (κ3) is 4.36. The molecule has 2 heterocycles. The van der Waals surface area contributed by atoms with Gasteiger partial charge in [0.05, 0.1) is 6.04 Å². The van der Waals surface area contributed by atoms with Crippen molar-refractivity contribution in [2.45, 2.75) is 44.4 Å². The zero-order valence-corrected chi connectivity index (χ0v) is 13.9. The van der Waals surface area contributed by atoms with Gasteiger partial charge in [-0.25, -0.2) is 4.79 Å². The van der Waals surface area contributed by atoms with E-state index in [1.54, 1.807) is 6.33 Å². The Bertz CT molecular complexity index is 464. The number of thioether (sulfide) groups is 1. The molecular formula is C14H25N5OS. The van der Waals surface area contributed by atoms with E-state index in [2.05, 4.69) is 22.4 Å². The second-order valence-corrected chi connectivity index (χ2v) is 7.07. The van der Waals surface area contributed by atoms with Gasteiger partial charge < -0.3 is 14.8 Å². The molecular weight excluding hydrogens is 286 g/mol. The number of nitrogens with zero attached hydrogens (tertiary/aromatic N) is 4. The molecule has 0 saturated carbocycles. The number of carbonyl (C=O) groups excluding carboxylic acids is 1. The molecule has 2 atom stereocenters. The number of rotatable bonds is 4. The lowest BCUT2D eigenvalue weighted by atomic mass is 10.2. The van der Waals surface area contributed by atoms with Crippen LogP contribution in [-0.4, -0.2) is 49.8 Å². The van der Waals surface area contributed by atoms with Crippen molar-refractivity contribution in [1.29, 1.82) is 0 Å². The van der Waals surface area contributed by atoms with Crippen molar-refractivity contribution in [3.05, 3.63) is 12.2 Å². The van der Waals surface area contributed by atoms with Crippen LogP contribution in [0.15, 0.2) is 6.33 Å². The first-order valence-corrected chi connectivity index (χ1v) is 8.67. The number of hydrogen-bond donors (Lipinski definition) is 1. The van der Waals surface area contributed by atoms with Gasteiger partial charge in [0.1, 0.15) is 6.33 Å². The normalized spacial score (nSPS) is 20.9. The van der Waals surface area contributed by atoms with Crippen LogP contribution in [0.3, 0.4) is 0 Å². The molecule has 118 valence electrons. The third-order valence-electron chi connectivity index (χ3n) is 3.79. The summed E-state index contributed by atoms with van der Waals surface area (Å²) in [5, 5.41) is 11.5. The summed E-state index contributed by atoms with van der Waals surface area (Å²) in [5.41, 5.74) is 0. The monoisotopic (exact) mass is 311 g/mol. The van der Waals surface area contributed by atoms with E-state index in [0.29, 0.717) is 5.25 Å². The summed E-state index contributed by atoms with van der Waals surface area (Å²) in [6.07, 6.45) is 5.16. The van der Waals surface area contributed by atoms with Crippen LogP contribution >= 0.6 is 11.8 Å². The highest BCUT2D eigenvalue weighted by molar-refractivity contribution is 7.99. The predicted octanol–water partition coefficient (Wildman–Crippen LogP) is 2.19. The summed E-state index contributed by atoms with van der Waals surface area (Å²) in [7, 11) is 1.89. The van der Waals surface area contributed by atoms with E-state index in [1.165, 1.54) is 12.8 Å². The highest BCUT2D eigenvalue weighted by Crippen LogP contribution is 2.22. The molecule has 1 saturated heterocycles. The van der Waals surface area contributed by atoms with Crippen LogP contribution in [-0.2, 0) is 7.05 Å². The van der Waals surface area contributed by atoms with Crippen LogP contribution in [0.5, 0.6) is 0 Å². The van der Waals surface area contributed by atoms with E-state index in [0.717, 1.165) is 31.1 Å². The average Bonchev–Trinajstić information content (AvgIpc) is 2.73. The molecule has 0 aromatic carbocycles. The van der Waals surface area contributed by atoms with Crippen molar-refractivity contribution in [1.82, 2.24) is 25.0 Å². The van der Waals surface area contributed by atoms with Crippen LogP contribution in [0.1, 0.15) is 45.0 Å². The summed E-state index contributed by atoms with van der Waals surface area (Å²) < 4.78 is 1.84. The first kappa shape index (κ1) is 16.1. The van der Waals surface area contributed by atoms with Gasteiger partial charge in [-0.15, -0.1) is 10.2 Å². The second kappa shape index (κ2) is 7.68. The summed E-state index contributed by atoms with van der Waals surface area (Å²) in [5.74, 6) is 1.88. The standard InChI is InChI=1S/C14H25N5OS/c1-4-21-12-7-5-6-8-19(9-12)14(20)16-11(2)13-17-15-10-18(13)3/h10-12H,4-9H2,1-3H3,(H,16,20)/t11-,12-/m1/s1. The number of carbonyl (C=O) groups is 1. The maximum atomic E-state index is 12.5. The number of nitrogens with one attached hydrogen (secondary N) is 1. The highest BCUT2D eigenvalue weighted by atomic mass is 32.2. The van der Waals surface area contributed by atoms with E-state index >= 15 is 0 Å². The maximum Gasteiger partial charge on any atom is 0.318 e. The van der Waals surface area contributed by atoms with Crippen molar-refractivity contribution in [2.24, 2.45) is 7.05 Å². The Morgan fingerprint density at radius 1 is 1.57 bits per heavy atom. The zero-order chi connectivity index (χ0) is 15.2. The van der Waals surface area contributed by atoms with E-state index in [4.69, 9.17) is 0 Å². The number of hydrogen-bond acceptors (Lipinski definition) is 4. The molecule has 1 N–H and O–H groups in total. The van der Waals surface area contributed by atoms with Gasteiger partial charge in [-0.05, 0) is 25.5 Å². The molecule has 0 aliphatic carbocycles. The lowest BCUT2D eigenvalue weighted by Gasteiger charge is -2.26. The van der Waals surface area contributed by atoms with Crippen LogP contribution in [0, 0.1) is 0 Å². The SMILES string of the molecule is CCS[C@@H]1CCCCN(C(=O)N[C@H](C)c2nncn2C)C1. The molecule has 1 aliphatic heterocycles. The van der Waals surface area contributed by atoms with E-state index in [1.807, 2.05) is 35.2 Å². The fourth-order valence-corrected chi connectivity index (χ4v) is 3.77. The van der Waals surface area contributed by atoms with Crippen molar-refractivity contribution in [3.63, 3.8) is 0 Å². The maximum absolute atomic E-state index is 12.5. The molecule has 1 fully saturated rings. The molecule has 0 unspecified atom stereocenters. The smallest absolute Gasteiger partial charge is 0.318 e. The van der Waals surface area contributed by atoms with Gasteiger partial charge in [0.15, 0.2) is 5.82 Å².